The van der Waals surface area contributed by atoms with E-state index in [1.54, 1.807) is 0 Å². The van der Waals surface area contributed by atoms with Crippen molar-refractivity contribution < 1.29 is 48.2 Å². The number of carbonyl (C=O) groups is 2. The third-order valence-corrected chi connectivity index (χ3v) is 3.43. The molecular weight excluding hydrogens is 423 g/mol. The van der Waals surface area contributed by atoms with Crippen LogP contribution >= 0.6 is 0 Å². The van der Waals surface area contributed by atoms with Crippen LogP contribution in [-0.2, 0) is 19.0 Å². The predicted molar refractivity (Wildman–Crippen MR) is 108 cm³/mol. The predicted octanol–water partition coefficient (Wildman–Crippen LogP) is 0.912. The molecule has 2 amide bonds. The summed E-state index contributed by atoms with van der Waals surface area (Å²) in [5.74, 6) is -12.3. The van der Waals surface area contributed by atoms with Crippen LogP contribution in [-0.4, -0.2) is 36.7 Å². The highest BCUT2D eigenvalue weighted by Gasteiger charge is 2.32. The van der Waals surface area contributed by atoms with Gasteiger partial charge in [-0.05, 0) is 31.4 Å². The number of halogens is 1. The summed E-state index contributed by atoms with van der Waals surface area (Å²) in [4.78, 5) is 43.1. The molecule has 0 radical (unpaired) electrons. The highest BCUT2D eigenvalue weighted by Crippen LogP contribution is 2.20. The molecule has 0 bridgehead atoms. The van der Waals surface area contributed by atoms with Crippen molar-refractivity contribution >= 4 is 11.8 Å². The lowest BCUT2D eigenvalue weighted by Gasteiger charge is -2.27. The Labute approximate surface area is 206 Å². The van der Waals surface area contributed by atoms with Crippen molar-refractivity contribution in [2.24, 2.45) is 6.98 Å². The van der Waals surface area contributed by atoms with Gasteiger partial charge in [-0.15, -0.1) is 10.2 Å². The van der Waals surface area contributed by atoms with Crippen molar-refractivity contribution in [2.75, 3.05) is 0 Å². The van der Waals surface area contributed by atoms with Crippen LogP contribution in [0.2, 0.25) is 0 Å². The molecule has 0 atom stereocenters. The highest BCUT2D eigenvalue weighted by atomic mass is 19.1. The third-order valence-electron chi connectivity index (χ3n) is 3.43. The maximum absolute atomic E-state index is 14.1. The first-order valence-corrected chi connectivity index (χ1v) is 7.95. The normalized spacial score (nSPS) is 21.5. The molecule has 3 N–H and O–H groups in total. The zero-order valence-electron chi connectivity index (χ0n) is 33.2. The van der Waals surface area contributed by atoms with Crippen LogP contribution in [0.3, 0.4) is 0 Å². The van der Waals surface area contributed by atoms with E-state index < -0.39 is 126 Å². The van der Waals surface area contributed by atoms with Crippen LogP contribution in [0.15, 0.2) is 33.4 Å². The van der Waals surface area contributed by atoms with Gasteiger partial charge in [-0.25, -0.2) is 9.37 Å². The van der Waals surface area contributed by atoms with Crippen molar-refractivity contribution in [3.05, 3.63) is 69.2 Å². The lowest BCUT2D eigenvalue weighted by Crippen LogP contribution is -2.46. The summed E-state index contributed by atoms with van der Waals surface area (Å²) in [5.41, 5.74) is -9.54. The molecule has 0 fully saturated rings. The number of hydrogen-bond donors (Lipinski definition) is 3. The molecule has 2 aromatic heterocycles. The Morgan fingerprint density at radius 3 is 2.69 bits per heavy atom. The number of rotatable bonds is 6. The number of carbonyl (C=O) groups excluding carboxylic acids is 2. The number of amides is 2. The monoisotopic (exact) mass is 462 g/mol. The summed E-state index contributed by atoms with van der Waals surface area (Å²) in [7, 11) is 0. The molecule has 168 valence electrons. The van der Waals surface area contributed by atoms with Crippen molar-refractivity contribution in [3.63, 3.8) is 0 Å². The second-order valence-electron chi connectivity index (χ2n) is 5.66. The van der Waals surface area contributed by atoms with Crippen LogP contribution in [0.1, 0.15) is 76.8 Å². The molecule has 0 aliphatic carbocycles. The van der Waals surface area contributed by atoms with Gasteiger partial charge in [0, 0.05) is 36.8 Å². The highest BCUT2D eigenvalue weighted by molar-refractivity contribution is 5.94. The number of hydrogen-bond acceptors (Lipinski definition) is 8. The quantitative estimate of drug-likeness (QED) is 0.489. The van der Waals surface area contributed by atoms with E-state index in [4.69, 9.17) is 24.7 Å². The number of nitrogens with zero attached hydrogens (tertiary/aromatic N) is 4. The molecule has 32 heavy (non-hydrogen) atoms. The number of aromatic nitrogens is 4. The molecule has 0 unspecified atom stereocenters. The minimum atomic E-state index is -4.21. The summed E-state index contributed by atoms with van der Waals surface area (Å²) in [6.45, 7) is -19.1. The van der Waals surface area contributed by atoms with E-state index in [0.717, 1.165) is 0 Å². The van der Waals surface area contributed by atoms with Gasteiger partial charge in [-0.1, -0.05) is 12.1 Å². The maximum Gasteiger partial charge on any atom is 0.309 e. The van der Waals surface area contributed by atoms with E-state index in [0.29, 0.717) is 0 Å². The van der Waals surface area contributed by atoms with Crippen molar-refractivity contribution in [1.82, 2.24) is 30.4 Å². The molecule has 0 saturated heterocycles. The number of nitrogens with one attached hydrogen (secondary N) is 2. The van der Waals surface area contributed by atoms with Gasteiger partial charge < -0.3 is 20.2 Å². The van der Waals surface area contributed by atoms with Gasteiger partial charge in [0.2, 0.25) is 11.6 Å². The first-order valence-electron chi connectivity index (χ1n) is 16.9. The summed E-state index contributed by atoms with van der Waals surface area (Å²) >= 11 is 0. The van der Waals surface area contributed by atoms with Gasteiger partial charge in [0.1, 0.15) is 11.6 Å². The molecule has 1 aromatic carbocycles. The summed E-state index contributed by atoms with van der Waals surface area (Å²) in [5, 5.41) is 19.6. The maximum atomic E-state index is 14.1. The van der Waals surface area contributed by atoms with E-state index in [9.17, 15) is 23.9 Å². The lowest BCUT2D eigenvalue weighted by atomic mass is 10.0. The Morgan fingerprint density at radius 2 is 2.06 bits per heavy atom. The van der Waals surface area contributed by atoms with Crippen LogP contribution in [0.5, 0.6) is 5.75 Å². The first-order chi connectivity index (χ1) is 22.3. The second kappa shape index (κ2) is 8.57. The van der Waals surface area contributed by atoms with Crippen LogP contribution in [0, 0.1) is 12.7 Å². The average Bonchev–Trinajstić information content (AvgIpc) is 3.44. The first kappa shape index (κ1) is 8.81. The molecule has 0 aliphatic rings. The standard InChI is InChI=1S/C20H21FN6O5/c1-10-25-26-17(32-10)16(30)24-20(2,3)19-23-13(14(28)18(31)27(19)4)15(29)22-9-11-5-7-12(21)8-6-11/h5-8,28H,9H2,1-4H3,(H,22,29)(H,24,30)/i1D3,2D3,3D3,4D3,5D,6D,7D,8D,9D2. The number of aryl methyl sites for hydroxylation is 1. The lowest BCUT2D eigenvalue weighted by molar-refractivity contribution is 0.0869. The fraction of sp³-hybridized carbons (Fsp3) is 0.300. The van der Waals surface area contributed by atoms with Gasteiger partial charge in [0.25, 0.3) is 11.5 Å². The number of aromatic hydroxyl groups is 1. The Morgan fingerprint density at radius 1 is 1.31 bits per heavy atom. The van der Waals surface area contributed by atoms with Gasteiger partial charge in [0.05, 0.1) is 13.8 Å². The Balaban J connectivity index is 2.40. The topological polar surface area (TPSA) is 152 Å². The van der Waals surface area contributed by atoms with E-state index >= 15 is 0 Å². The molecule has 11 nitrogen and oxygen atoms in total. The zero-order valence-corrected chi connectivity index (χ0v) is 15.2. The average molecular weight is 463 g/mol. The van der Waals surface area contributed by atoms with Gasteiger partial charge in [-0.3, -0.25) is 19.0 Å². The van der Waals surface area contributed by atoms with Gasteiger partial charge >= 0.3 is 11.8 Å². The Kier molecular flexibility index (Phi) is 2.36. The summed E-state index contributed by atoms with van der Waals surface area (Å²) in [6, 6.07) is -5.46. The molecular formula is C20H21FN6O5. The SMILES string of the molecule is [2H]c1c([2H])c(C([2H])([2H])NC(=O)c2nc(C(NC(=O)c3nnc(C([2H])([2H])[2H])o3)(C([2H])([2H])[2H])C([2H])([2H])[2H])n(C([2H])([2H])[2H])c(=O)c2O)c([2H])c([2H])c1F. The van der Waals surface area contributed by atoms with E-state index in [-0.39, 0.29) is 0 Å². The zero-order chi connectivity index (χ0) is 38.9. The van der Waals surface area contributed by atoms with Crippen LogP contribution < -0.4 is 16.2 Å². The second-order valence-corrected chi connectivity index (χ2v) is 5.66. The van der Waals surface area contributed by atoms with E-state index in [2.05, 4.69) is 19.6 Å². The minimum absolute atomic E-state index is 0.684. The molecule has 0 saturated carbocycles. The molecule has 0 aliphatic heterocycles. The third kappa shape index (κ3) is 4.63. The molecule has 2 heterocycles. The van der Waals surface area contributed by atoms with Crippen molar-refractivity contribution in [1.29, 1.82) is 0 Å². The number of benzene rings is 1. The fourth-order valence-electron chi connectivity index (χ4n) is 2.05. The van der Waals surface area contributed by atoms with Gasteiger partial charge in [-0.2, -0.15) is 0 Å². The Hall–Kier alpha value is -4.09. The van der Waals surface area contributed by atoms with E-state index in [1.165, 1.54) is 10.6 Å². The van der Waals surface area contributed by atoms with Crippen LogP contribution in [0.25, 0.3) is 0 Å². The van der Waals surface area contributed by atoms with Crippen molar-refractivity contribution in [3.8, 4) is 5.75 Å². The molecule has 0 spiro atoms. The molecule has 3 aromatic rings. The smallest absolute Gasteiger partial charge is 0.309 e. The van der Waals surface area contributed by atoms with Crippen LogP contribution in [0.4, 0.5) is 4.39 Å². The fourth-order valence-corrected chi connectivity index (χ4v) is 2.05. The molecule has 12 heteroatoms. The largest absolute Gasteiger partial charge is 0.501 e. The van der Waals surface area contributed by atoms with Gasteiger partial charge in [0.15, 0.2) is 5.69 Å². The Bertz CT molecular complexity index is 1890. The molecule has 3 rings (SSSR count). The summed E-state index contributed by atoms with van der Waals surface area (Å²) in [6.07, 6.45) is 0. The van der Waals surface area contributed by atoms with Crippen molar-refractivity contribution in [2.45, 2.75) is 32.6 Å². The minimum Gasteiger partial charge on any atom is -0.501 e. The van der Waals surface area contributed by atoms with E-state index in [1.807, 2.05) is 0 Å². The summed E-state index contributed by atoms with van der Waals surface area (Å²) < 4.78 is 159.